The average molecular weight is 1610 g/mol. The number of hydrogen-bond acceptors (Lipinski definition) is 18. The largest absolute Gasteiger partial charge is 0.477 e. The Kier molecular flexibility index (Phi) is 23.2. The zero-order valence-corrected chi connectivity index (χ0v) is 65.3. The summed E-state index contributed by atoms with van der Waals surface area (Å²) < 4.78 is 75.5. The number of carboxylic acid groups (broad SMARTS) is 3. The van der Waals surface area contributed by atoms with Crippen molar-refractivity contribution in [2.45, 2.75) is 63.7 Å². The Hall–Kier alpha value is -8.88. The number of carbonyl (C=O) groups is 3. The maximum absolute atomic E-state index is 13.8. The fourth-order valence-electron chi connectivity index (χ4n) is 13.0. The van der Waals surface area contributed by atoms with Crippen LogP contribution in [0.5, 0.6) is 0 Å². The Morgan fingerprint density at radius 2 is 0.794 bits per heavy atom. The van der Waals surface area contributed by atoms with Crippen LogP contribution in [0.1, 0.15) is 83.9 Å². The molecule has 15 rings (SSSR count). The SMILES string of the molecule is COP(=O)(Cc1cc(-c2ccc(-c3cc4ncccc4o3)cc2)sc1C(=O)O)C1CCC(C)CC1.COP(=O)(Cc1cc(-c2ccc(-c3cc4ncccc4o3)cc2)sc1C(=O)O)c1ccc(Cl)cc1C.COP(=O)(Cc1cc(-c2ccc(-c3cc4ncccc4o3)cc2)sc1C(=O)O)c1ccc(Cl)cc1Cl. The van der Waals surface area contributed by atoms with Gasteiger partial charge in [0, 0.05) is 110 Å². The van der Waals surface area contributed by atoms with Crippen molar-refractivity contribution in [3.8, 4) is 65.3 Å². The lowest BCUT2D eigenvalue weighted by molar-refractivity contribution is 0.0690. The van der Waals surface area contributed by atoms with Crippen LogP contribution < -0.4 is 10.6 Å². The second-order valence-corrected chi connectivity index (χ2v) is 37.9. The van der Waals surface area contributed by atoms with Crippen molar-refractivity contribution in [2.75, 3.05) is 21.3 Å². The second kappa shape index (κ2) is 32.5. The predicted octanol–water partition coefficient (Wildman–Crippen LogP) is 23.5. The van der Waals surface area contributed by atoms with Crippen molar-refractivity contribution in [1.82, 2.24) is 15.0 Å². The molecule has 3 N–H and O–H groups in total. The van der Waals surface area contributed by atoms with E-state index >= 15 is 0 Å². The molecule has 0 bridgehead atoms. The van der Waals surface area contributed by atoms with E-state index in [1.54, 1.807) is 61.1 Å². The van der Waals surface area contributed by atoms with Gasteiger partial charge in [-0.2, -0.15) is 0 Å². The molecule has 18 nitrogen and oxygen atoms in total. The highest BCUT2D eigenvalue weighted by Crippen LogP contribution is 2.60. The van der Waals surface area contributed by atoms with Crippen molar-refractivity contribution >= 4 is 153 Å². The van der Waals surface area contributed by atoms with Gasteiger partial charge in [-0.3, -0.25) is 28.6 Å². The molecule has 9 heterocycles. The quantitative estimate of drug-likeness (QED) is 0.0564. The Labute approximate surface area is 641 Å². The number of hydrogen-bond donors (Lipinski definition) is 3. The van der Waals surface area contributed by atoms with E-state index in [1.807, 2.05) is 140 Å². The van der Waals surface area contributed by atoms with Crippen LogP contribution in [0.4, 0.5) is 0 Å². The molecule has 1 saturated carbocycles. The standard InChI is InChI=1S/C27H21ClNO5PS.C27H28NO5PS.C26H18Cl2NO5PS/c1-16-12-20(28)9-10-24(16)35(32,33-2)15-19-13-25(36-26(19)27(30)31)18-7-5-17(6-8-18)23-14-21-22(34-23)4-3-11-29-21;1-17-5-11-21(12-6-17)34(31,32-2)16-20-14-25(35-26(20)27(29)30)19-9-7-18(8-10-19)24-15-22-23(33-24)4-3-13-28-22;1-33-35(32,23-9-8-18(27)12-19(23)28)14-17-11-24(36-25(17)26(30)31)16-6-4-15(5-7-16)22-13-20-21(34-22)3-2-10-29-20/h3-14H,15H2,1-2H3,(H,30,31);3-4,7-10,13-15,17,21H,5-6,11-12,16H2,1-2H3,(H,29,30);2-13H,14H2,1H3,(H,30,31). The van der Waals surface area contributed by atoms with Gasteiger partial charge in [-0.15, -0.1) is 34.0 Å². The Morgan fingerprint density at radius 3 is 1.13 bits per heavy atom. The summed E-state index contributed by atoms with van der Waals surface area (Å²) in [5, 5.41) is 31.5. The highest BCUT2D eigenvalue weighted by atomic mass is 35.5. The number of thiophene rings is 3. The fourth-order valence-corrected chi connectivity index (χ4v) is 23.9. The van der Waals surface area contributed by atoms with Gasteiger partial charge < -0.3 is 42.1 Å². The van der Waals surface area contributed by atoms with Crippen molar-refractivity contribution < 1.29 is 70.2 Å². The van der Waals surface area contributed by atoms with E-state index in [4.69, 9.17) is 61.6 Å². The molecule has 5 aromatic carbocycles. The summed E-state index contributed by atoms with van der Waals surface area (Å²) in [7, 11) is -5.68. The number of pyridine rings is 3. The summed E-state index contributed by atoms with van der Waals surface area (Å²) in [6, 6.07) is 54.9. The Balaban J connectivity index is 0.000000142. The van der Waals surface area contributed by atoms with Gasteiger partial charge in [-0.1, -0.05) is 115 Å². The number of aromatic nitrogens is 3. The zero-order chi connectivity index (χ0) is 75.5. The third-order valence-electron chi connectivity index (χ3n) is 18.6. The van der Waals surface area contributed by atoms with Gasteiger partial charge in [0.25, 0.3) is 0 Å². The summed E-state index contributed by atoms with van der Waals surface area (Å²) in [4.78, 5) is 51.8. The normalized spacial score (nSPS) is 15.4. The second-order valence-electron chi connectivity index (χ2n) is 25.6. The summed E-state index contributed by atoms with van der Waals surface area (Å²) in [6.07, 6.45) is 8.97. The van der Waals surface area contributed by atoms with Crippen LogP contribution in [0.25, 0.3) is 98.6 Å². The smallest absolute Gasteiger partial charge is 0.346 e. The third-order valence-corrected chi connectivity index (χ3v) is 31.3. The van der Waals surface area contributed by atoms with Crippen LogP contribution in [0.3, 0.4) is 0 Å². The van der Waals surface area contributed by atoms with Crippen LogP contribution in [-0.2, 0) is 45.8 Å². The van der Waals surface area contributed by atoms with Gasteiger partial charge in [0.2, 0.25) is 22.1 Å². The van der Waals surface area contributed by atoms with E-state index in [9.17, 15) is 43.4 Å². The maximum Gasteiger partial charge on any atom is 0.346 e. The maximum atomic E-state index is 13.8. The molecule has 3 atom stereocenters. The van der Waals surface area contributed by atoms with Crippen LogP contribution in [0.2, 0.25) is 15.1 Å². The first kappa shape index (κ1) is 76.3. The lowest BCUT2D eigenvalue weighted by atomic mass is 9.91. The number of fused-ring (bicyclic) bond motifs is 3. The number of aromatic carboxylic acids is 3. The Bertz CT molecular complexity index is 5460. The van der Waals surface area contributed by atoms with Crippen molar-refractivity contribution in [3.63, 3.8) is 0 Å². The zero-order valence-electron chi connectivity index (χ0n) is 57.9. The van der Waals surface area contributed by atoms with Gasteiger partial charge in [0.15, 0.2) is 16.7 Å². The van der Waals surface area contributed by atoms with Gasteiger partial charge in [0.05, 0.1) is 28.8 Å². The number of furan rings is 3. The summed E-state index contributed by atoms with van der Waals surface area (Å²) >= 11 is 21.8. The highest BCUT2D eigenvalue weighted by Gasteiger charge is 2.38. The molecule has 0 amide bonds. The molecule has 9 aromatic heterocycles. The molecule has 0 aliphatic heterocycles. The van der Waals surface area contributed by atoms with Gasteiger partial charge in [-0.05, 0) is 168 Å². The van der Waals surface area contributed by atoms with Crippen LogP contribution in [0.15, 0.2) is 214 Å². The van der Waals surface area contributed by atoms with Crippen molar-refractivity contribution in [3.05, 3.63) is 253 Å². The summed E-state index contributed by atoms with van der Waals surface area (Å²) in [5.74, 6) is -0.408. The summed E-state index contributed by atoms with van der Waals surface area (Å²) in [6.45, 7) is 4.03. The topological polar surface area (TPSA) is 269 Å². The van der Waals surface area contributed by atoms with Crippen molar-refractivity contribution in [1.29, 1.82) is 0 Å². The molecule has 14 aromatic rings. The number of carboxylic acids is 3. The number of halogens is 3. The lowest BCUT2D eigenvalue weighted by Crippen LogP contribution is -2.19. The molecule has 3 unspecified atom stereocenters. The monoisotopic (exact) mass is 1600 g/mol. The molecular weight excluding hydrogens is 1540 g/mol. The Morgan fingerprint density at radius 1 is 0.449 bits per heavy atom. The summed E-state index contributed by atoms with van der Waals surface area (Å²) in [5.41, 5.74) is 11.9. The third kappa shape index (κ3) is 16.9. The number of benzene rings is 5. The number of rotatable bonds is 21. The number of aryl methyl sites for hydroxylation is 1. The predicted molar refractivity (Wildman–Crippen MR) is 427 cm³/mol. The first-order chi connectivity index (χ1) is 51.4. The molecule has 107 heavy (non-hydrogen) atoms. The molecule has 0 saturated heterocycles. The highest BCUT2D eigenvalue weighted by molar-refractivity contribution is 7.66. The molecule has 1 aliphatic rings. The molecule has 1 fully saturated rings. The van der Waals surface area contributed by atoms with Gasteiger partial charge >= 0.3 is 17.9 Å². The first-order valence-electron chi connectivity index (χ1n) is 33.5. The molecule has 27 heteroatoms. The van der Waals surface area contributed by atoms with E-state index in [1.165, 1.54) is 38.7 Å². The van der Waals surface area contributed by atoms with Crippen molar-refractivity contribution in [2.24, 2.45) is 5.92 Å². The van der Waals surface area contributed by atoms with E-state index < -0.39 is 40.0 Å². The van der Waals surface area contributed by atoms with E-state index in [-0.39, 0.29) is 43.8 Å². The number of nitrogens with zero attached hydrogens (tertiary/aromatic N) is 3. The van der Waals surface area contributed by atoms with Crippen LogP contribution in [0, 0.1) is 12.8 Å². The van der Waals surface area contributed by atoms with E-state index in [2.05, 4.69) is 21.9 Å². The molecule has 1 aliphatic carbocycles. The minimum Gasteiger partial charge on any atom is -0.477 e. The first-order valence-corrected chi connectivity index (χ1v) is 42.6. The van der Waals surface area contributed by atoms with E-state index in [0.717, 1.165) is 130 Å². The molecular formula is C80H67Cl3N3O15P3S3. The van der Waals surface area contributed by atoms with Crippen LogP contribution in [-0.4, -0.2) is 75.2 Å². The van der Waals surface area contributed by atoms with Crippen LogP contribution >= 0.6 is 90.9 Å². The minimum atomic E-state index is -3.50. The van der Waals surface area contributed by atoms with Gasteiger partial charge in [-0.25, -0.2) is 14.4 Å². The fraction of sp³-hybridized carbons (Fsp3) is 0.175. The van der Waals surface area contributed by atoms with Gasteiger partial charge in [0.1, 0.15) is 48.5 Å². The molecule has 0 spiro atoms. The average Bonchev–Trinajstić information content (AvgIpc) is 1.76. The van der Waals surface area contributed by atoms with E-state index in [0.29, 0.717) is 65.9 Å². The lowest BCUT2D eigenvalue weighted by Gasteiger charge is -2.31. The molecule has 0 radical (unpaired) electrons. The minimum absolute atomic E-state index is 0.00808. The molecule has 546 valence electrons.